The lowest BCUT2D eigenvalue weighted by molar-refractivity contribution is 0.0201. The third kappa shape index (κ3) is 3.73. The van der Waals surface area contributed by atoms with Gasteiger partial charge in [0.15, 0.2) is 11.5 Å². The number of hydrogen-bond donors (Lipinski definition) is 4. The molecule has 0 unspecified atom stereocenters. The molecule has 0 saturated carbocycles. The van der Waals surface area contributed by atoms with Crippen LogP contribution in [-0.4, -0.2) is 46.9 Å². The second kappa shape index (κ2) is 8.50. The van der Waals surface area contributed by atoms with Crippen LogP contribution in [0.3, 0.4) is 0 Å². The molecule has 5 rings (SSSR count). The Morgan fingerprint density at radius 2 is 1.85 bits per heavy atom. The van der Waals surface area contributed by atoms with Crippen molar-refractivity contribution in [2.24, 2.45) is 0 Å². The van der Waals surface area contributed by atoms with E-state index in [2.05, 4.69) is 0 Å². The number of fused-ring (bicyclic) bond motifs is 5. The van der Waals surface area contributed by atoms with Crippen molar-refractivity contribution in [3.63, 3.8) is 0 Å². The molecule has 0 amide bonds. The van der Waals surface area contributed by atoms with Gasteiger partial charge < -0.3 is 34.6 Å². The van der Waals surface area contributed by atoms with Gasteiger partial charge in [0.1, 0.15) is 30.0 Å². The van der Waals surface area contributed by atoms with Crippen molar-refractivity contribution in [3.05, 3.63) is 64.7 Å². The third-order valence-electron chi connectivity index (χ3n) is 6.37. The maximum absolute atomic E-state index is 11.0. The van der Waals surface area contributed by atoms with Crippen molar-refractivity contribution in [1.29, 1.82) is 0 Å². The summed E-state index contributed by atoms with van der Waals surface area (Å²) in [7, 11) is 1.47. The topological polar surface area (TPSA) is 109 Å². The molecule has 1 heterocycles. The van der Waals surface area contributed by atoms with E-state index in [1.165, 1.54) is 13.2 Å². The van der Waals surface area contributed by atoms with Gasteiger partial charge in [-0.1, -0.05) is 12.1 Å². The minimum absolute atomic E-state index is 0.0189. The van der Waals surface area contributed by atoms with E-state index in [0.29, 0.717) is 29.2 Å². The van der Waals surface area contributed by atoms with Crippen LogP contribution in [0.5, 0.6) is 28.7 Å². The molecule has 7 nitrogen and oxygen atoms in total. The van der Waals surface area contributed by atoms with E-state index >= 15 is 0 Å². The van der Waals surface area contributed by atoms with Gasteiger partial charge in [0.05, 0.1) is 19.8 Å². The predicted molar refractivity (Wildman–Crippen MR) is 121 cm³/mol. The molecule has 172 valence electrons. The van der Waals surface area contributed by atoms with Crippen LogP contribution in [0.1, 0.15) is 28.4 Å². The van der Waals surface area contributed by atoms with Gasteiger partial charge in [-0.05, 0) is 59.4 Å². The van der Waals surface area contributed by atoms with Gasteiger partial charge in [0.2, 0.25) is 0 Å². The number of phenols is 2. The second-order valence-electron chi connectivity index (χ2n) is 8.36. The average molecular weight is 450 g/mol. The summed E-state index contributed by atoms with van der Waals surface area (Å²) in [5, 5.41) is 40.2. The highest BCUT2D eigenvalue weighted by molar-refractivity contribution is 5.82. The summed E-state index contributed by atoms with van der Waals surface area (Å²) in [6.07, 6.45) is 0.448. The maximum Gasteiger partial charge on any atom is 0.160 e. The van der Waals surface area contributed by atoms with Gasteiger partial charge in [-0.3, -0.25) is 0 Å². The summed E-state index contributed by atoms with van der Waals surface area (Å²) < 4.78 is 17.4. The van der Waals surface area contributed by atoms with Crippen LogP contribution < -0.4 is 14.2 Å². The van der Waals surface area contributed by atoms with Crippen molar-refractivity contribution < 1.29 is 34.6 Å². The molecular formula is C26H26O7. The SMILES string of the molecule is COc1cc([C@@H]2Oc3cc(OCCO)c4c(c3C[C@H]2O)CCc2cc(O)ccc2-4)ccc1O. The molecule has 4 N–H and O–H groups in total. The van der Waals surface area contributed by atoms with E-state index in [4.69, 9.17) is 14.2 Å². The molecule has 0 bridgehead atoms. The van der Waals surface area contributed by atoms with Gasteiger partial charge in [0.25, 0.3) is 0 Å². The van der Waals surface area contributed by atoms with Crippen molar-refractivity contribution >= 4 is 0 Å². The fourth-order valence-electron chi connectivity index (χ4n) is 4.88. The largest absolute Gasteiger partial charge is 0.508 e. The molecule has 7 heteroatoms. The van der Waals surface area contributed by atoms with Crippen LogP contribution in [0.25, 0.3) is 11.1 Å². The van der Waals surface area contributed by atoms with Crippen LogP contribution in [0, 0.1) is 0 Å². The average Bonchev–Trinajstić information content (AvgIpc) is 2.82. The zero-order valence-corrected chi connectivity index (χ0v) is 18.2. The molecule has 3 aromatic carbocycles. The summed E-state index contributed by atoms with van der Waals surface area (Å²) in [5.74, 6) is 1.78. The Labute approximate surface area is 191 Å². The van der Waals surface area contributed by atoms with E-state index < -0.39 is 12.2 Å². The van der Waals surface area contributed by atoms with Gasteiger partial charge in [-0.25, -0.2) is 0 Å². The number of aliphatic hydroxyl groups is 2. The van der Waals surface area contributed by atoms with E-state index in [-0.39, 0.29) is 24.7 Å². The normalized spacial score (nSPS) is 18.5. The Balaban J connectivity index is 1.61. The number of aliphatic hydroxyl groups excluding tert-OH is 2. The zero-order chi connectivity index (χ0) is 23.1. The lowest BCUT2D eigenvalue weighted by Gasteiger charge is -2.35. The minimum Gasteiger partial charge on any atom is -0.508 e. The first-order valence-electron chi connectivity index (χ1n) is 11.0. The number of rotatable bonds is 5. The first-order chi connectivity index (χ1) is 16.0. The lowest BCUT2D eigenvalue weighted by Crippen LogP contribution is -2.31. The zero-order valence-electron chi connectivity index (χ0n) is 18.2. The summed E-state index contributed by atoms with van der Waals surface area (Å²) in [5.41, 5.74) is 5.62. The minimum atomic E-state index is -0.790. The van der Waals surface area contributed by atoms with E-state index in [9.17, 15) is 20.4 Å². The molecule has 33 heavy (non-hydrogen) atoms. The highest BCUT2D eigenvalue weighted by atomic mass is 16.5. The van der Waals surface area contributed by atoms with Gasteiger partial charge in [-0.15, -0.1) is 0 Å². The smallest absolute Gasteiger partial charge is 0.160 e. The van der Waals surface area contributed by atoms with Crippen molar-refractivity contribution in [1.82, 2.24) is 0 Å². The van der Waals surface area contributed by atoms with E-state index in [0.717, 1.165) is 40.7 Å². The molecule has 0 spiro atoms. The van der Waals surface area contributed by atoms with Crippen LogP contribution in [0.2, 0.25) is 0 Å². The summed E-state index contributed by atoms with van der Waals surface area (Å²) in [6, 6.07) is 12.0. The standard InChI is InChI=1S/C26H26O7/c1-31-23-11-15(3-7-20(23)29)26-21(30)12-19-18-5-2-14-10-16(28)4-6-17(14)25(18)24(32-9-8-27)13-22(19)33-26/h3-4,6-7,10-11,13,21,26-30H,2,5,8-9,12H2,1H3/t21-,26+/m1/s1. The van der Waals surface area contributed by atoms with Gasteiger partial charge >= 0.3 is 0 Å². The molecule has 2 atom stereocenters. The number of methoxy groups -OCH3 is 1. The second-order valence-corrected chi connectivity index (χ2v) is 8.36. The molecule has 2 aliphatic rings. The highest BCUT2D eigenvalue weighted by Crippen LogP contribution is 2.49. The molecule has 0 radical (unpaired) electrons. The Kier molecular flexibility index (Phi) is 5.52. The highest BCUT2D eigenvalue weighted by Gasteiger charge is 2.35. The molecule has 1 aliphatic heterocycles. The monoisotopic (exact) mass is 450 g/mol. The number of aryl methyl sites for hydroxylation is 1. The number of hydrogen-bond acceptors (Lipinski definition) is 7. The number of phenolic OH excluding ortho intramolecular Hbond substituents is 2. The first kappa shape index (κ1) is 21.4. The Bertz CT molecular complexity index is 1200. The van der Waals surface area contributed by atoms with Crippen LogP contribution in [0.15, 0.2) is 42.5 Å². The molecule has 3 aromatic rings. The quantitative estimate of drug-likeness (QED) is 0.472. The summed E-state index contributed by atoms with van der Waals surface area (Å²) in [4.78, 5) is 0. The van der Waals surface area contributed by atoms with E-state index in [1.54, 1.807) is 24.3 Å². The van der Waals surface area contributed by atoms with Crippen molar-refractivity contribution in [3.8, 4) is 39.9 Å². The van der Waals surface area contributed by atoms with Crippen LogP contribution in [0.4, 0.5) is 0 Å². The van der Waals surface area contributed by atoms with Crippen LogP contribution >= 0.6 is 0 Å². The Hall–Kier alpha value is -3.42. The number of benzene rings is 3. The molecule has 1 aliphatic carbocycles. The molecule has 0 aromatic heterocycles. The maximum atomic E-state index is 11.0. The van der Waals surface area contributed by atoms with Gasteiger partial charge in [-0.2, -0.15) is 0 Å². The molecule has 0 saturated heterocycles. The first-order valence-corrected chi connectivity index (χ1v) is 11.0. The Morgan fingerprint density at radius 1 is 1.00 bits per heavy atom. The third-order valence-corrected chi connectivity index (χ3v) is 6.37. The lowest BCUT2D eigenvalue weighted by atomic mass is 9.80. The van der Waals surface area contributed by atoms with E-state index in [1.807, 2.05) is 12.1 Å². The Morgan fingerprint density at radius 3 is 2.64 bits per heavy atom. The summed E-state index contributed by atoms with van der Waals surface area (Å²) >= 11 is 0. The number of aromatic hydroxyl groups is 2. The van der Waals surface area contributed by atoms with Gasteiger partial charge in [0, 0.05) is 23.6 Å². The van der Waals surface area contributed by atoms with Crippen LogP contribution in [-0.2, 0) is 19.3 Å². The molecular weight excluding hydrogens is 424 g/mol. The van der Waals surface area contributed by atoms with Crippen molar-refractivity contribution in [2.75, 3.05) is 20.3 Å². The number of ether oxygens (including phenoxy) is 3. The van der Waals surface area contributed by atoms with Crippen molar-refractivity contribution in [2.45, 2.75) is 31.5 Å². The molecule has 0 fully saturated rings. The summed E-state index contributed by atoms with van der Waals surface area (Å²) in [6.45, 7) is 0.0175. The predicted octanol–water partition coefficient (Wildman–Crippen LogP) is 3.28. The fraction of sp³-hybridized carbons (Fsp3) is 0.308. The fourth-order valence-corrected chi connectivity index (χ4v) is 4.88.